The van der Waals surface area contributed by atoms with Crippen molar-refractivity contribution >= 4 is 6.01 Å². The highest BCUT2D eigenvalue weighted by Gasteiger charge is 2.21. The molecule has 0 radical (unpaired) electrons. The lowest BCUT2D eigenvalue weighted by Gasteiger charge is -2.25. The van der Waals surface area contributed by atoms with Crippen LogP contribution in [0.15, 0.2) is 28.7 Å². The molecule has 4 heteroatoms. The molecule has 94 valence electrons. The Labute approximate surface area is 106 Å². The van der Waals surface area contributed by atoms with E-state index in [1.54, 1.807) is 0 Å². The molecule has 1 aliphatic rings. The number of rotatable bonds is 2. The Kier molecular flexibility index (Phi) is 2.80. The number of nitrogens with zero attached hydrogens (tertiary/aromatic N) is 2. The molecule has 0 unspecified atom stereocenters. The first-order chi connectivity index (χ1) is 8.72. The van der Waals surface area contributed by atoms with Gasteiger partial charge in [0.05, 0.1) is 12.2 Å². The fourth-order valence-electron chi connectivity index (χ4n) is 2.43. The largest absolute Gasteiger partial charge is 0.427 e. The number of anilines is 1. The summed E-state index contributed by atoms with van der Waals surface area (Å²) in [6, 6.07) is 8.78. The summed E-state index contributed by atoms with van der Waals surface area (Å²) >= 11 is 0. The number of fused-ring (bicyclic) bond motifs is 1. The number of benzene rings is 1. The van der Waals surface area contributed by atoms with E-state index >= 15 is 0 Å². The number of hydrogen-bond donors (Lipinski definition) is 1. The molecule has 2 heterocycles. The minimum Gasteiger partial charge on any atom is -0.427 e. The van der Waals surface area contributed by atoms with Gasteiger partial charge in [0, 0.05) is 19.5 Å². The fraction of sp³-hybridized carbons (Fsp3) is 0.357. The molecule has 0 amide bonds. The number of oxazole rings is 1. The minimum atomic E-state index is 0.290. The zero-order chi connectivity index (χ0) is 12.5. The van der Waals surface area contributed by atoms with Crippen molar-refractivity contribution in [3.63, 3.8) is 0 Å². The predicted molar refractivity (Wildman–Crippen MR) is 69.9 cm³/mol. The molecule has 1 aliphatic heterocycles. The first-order valence-electron chi connectivity index (χ1n) is 6.23. The maximum absolute atomic E-state index is 5.58. The molecule has 3 rings (SSSR count). The van der Waals surface area contributed by atoms with Crippen LogP contribution in [-0.2, 0) is 19.5 Å². The monoisotopic (exact) mass is 243 g/mol. The van der Waals surface area contributed by atoms with Crippen molar-refractivity contribution in [2.75, 3.05) is 12.3 Å². The van der Waals surface area contributed by atoms with Gasteiger partial charge in [-0.1, -0.05) is 24.3 Å². The van der Waals surface area contributed by atoms with Gasteiger partial charge in [-0.15, -0.1) is 0 Å². The van der Waals surface area contributed by atoms with Crippen LogP contribution in [0.25, 0.3) is 0 Å². The Morgan fingerprint density at radius 1 is 1.39 bits per heavy atom. The smallest absolute Gasteiger partial charge is 0.292 e. The first kappa shape index (κ1) is 11.3. The highest BCUT2D eigenvalue weighted by Crippen LogP contribution is 2.22. The second-order valence-corrected chi connectivity index (χ2v) is 4.81. The summed E-state index contributed by atoms with van der Waals surface area (Å²) in [5.41, 5.74) is 9.31. The Balaban J connectivity index is 1.75. The van der Waals surface area contributed by atoms with Gasteiger partial charge in [0.15, 0.2) is 0 Å². The Morgan fingerprint density at radius 3 is 3.06 bits per heavy atom. The number of nitrogen functional groups attached to an aromatic ring is 1. The number of aryl methyl sites for hydroxylation is 1. The van der Waals surface area contributed by atoms with E-state index in [1.807, 2.05) is 0 Å². The molecule has 2 N–H and O–H groups in total. The van der Waals surface area contributed by atoms with Crippen LogP contribution in [0.5, 0.6) is 0 Å². The van der Waals surface area contributed by atoms with Crippen LogP contribution in [-0.4, -0.2) is 16.4 Å². The van der Waals surface area contributed by atoms with Gasteiger partial charge in [-0.25, -0.2) is 0 Å². The van der Waals surface area contributed by atoms with Crippen molar-refractivity contribution in [1.29, 1.82) is 0 Å². The second kappa shape index (κ2) is 4.46. The van der Waals surface area contributed by atoms with Crippen molar-refractivity contribution in [3.05, 3.63) is 46.8 Å². The van der Waals surface area contributed by atoms with Gasteiger partial charge in [0.1, 0.15) is 5.76 Å². The summed E-state index contributed by atoms with van der Waals surface area (Å²) < 4.78 is 5.43. The van der Waals surface area contributed by atoms with E-state index < -0.39 is 0 Å². The highest BCUT2D eigenvalue weighted by atomic mass is 16.4. The molecule has 0 fully saturated rings. The molecule has 0 spiro atoms. The Bertz CT molecular complexity index is 562. The van der Waals surface area contributed by atoms with E-state index in [1.165, 1.54) is 11.1 Å². The van der Waals surface area contributed by atoms with Crippen LogP contribution in [0.4, 0.5) is 6.01 Å². The quantitative estimate of drug-likeness (QED) is 0.877. The van der Waals surface area contributed by atoms with E-state index in [9.17, 15) is 0 Å². The second-order valence-electron chi connectivity index (χ2n) is 4.81. The summed E-state index contributed by atoms with van der Waals surface area (Å²) in [5.74, 6) is 0.923. The lowest BCUT2D eigenvalue weighted by atomic mass is 10.1. The lowest BCUT2D eigenvalue weighted by Crippen LogP contribution is -2.29. The van der Waals surface area contributed by atoms with Crippen LogP contribution >= 0.6 is 0 Å². The standard InChI is InChI=1S/C14H17N3O/c1-10-4-2-3-5-11(10)8-17-7-6-12-13(9-17)18-14(15)16-12/h2-5H,6-9H2,1H3,(H2,15,16). The van der Waals surface area contributed by atoms with E-state index in [2.05, 4.69) is 41.1 Å². The van der Waals surface area contributed by atoms with Crippen LogP contribution in [0, 0.1) is 6.92 Å². The molecular weight excluding hydrogens is 226 g/mol. The fourth-order valence-corrected chi connectivity index (χ4v) is 2.43. The minimum absolute atomic E-state index is 0.290. The van der Waals surface area contributed by atoms with E-state index in [0.717, 1.165) is 37.5 Å². The zero-order valence-electron chi connectivity index (χ0n) is 10.5. The lowest BCUT2D eigenvalue weighted by molar-refractivity contribution is 0.221. The molecule has 1 aromatic heterocycles. The number of hydrogen-bond acceptors (Lipinski definition) is 4. The van der Waals surface area contributed by atoms with Crippen molar-refractivity contribution in [1.82, 2.24) is 9.88 Å². The topological polar surface area (TPSA) is 55.3 Å². The molecule has 0 saturated heterocycles. The van der Waals surface area contributed by atoms with Gasteiger partial charge < -0.3 is 10.2 Å². The molecule has 1 aromatic carbocycles. The normalized spacial score (nSPS) is 15.6. The Morgan fingerprint density at radius 2 is 2.22 bits per heavy atom. The van der Waals surface area contributed by atoms with Crippen molar-refractivity contribution in [2.45, 2.75) is 26.4 Å². The van der Waals surface area contributed by atoms with Gasteiger partial charge >= 0.3 is 0 Å². The molecule has 0 saturated carbocycles. The average Bonchev–Trinajstić information content (AvgIpc) is 2.71. The first-order valence-corrected chi connectivity index (χ1v) is 6.23. The maximum Gasteiger partial charge on any atom is 0.292 e. The molecule has 2 aromatic rings. The van der Waals surface area contributed by atoms with Crippen LogP contribution < -0.4 is 5.73 Å². The van der Waals surface area contributed by atoms with Gasteiger partial charge in [-0.05, 0) is 18.1 Å². The molecule has 18 heavy (non-hydrogen) atoms. The number of nitrogens with two attached hydrogens (primary N) is 1. The SMILES string of the molecule is Cc1ccccc1CN1CCc2nc(N)oc2C1. The third-order valence-electron chi connectivity index (χ3n) is 3.48. The summed E-state index contributed by atoms with van der Waals surface area (Å²) in [6.45, 7) is 4.91. The molecular formula is C14H17N3O. The van der Waals surface area contributed by atoms with Gasteiger partial charge in [-0.2, -0.15) is 4.98 Å². The summed E-state index contributed by atoms with van der Waals surface area (Å²) in [6.07, 6.45) is 0.919. The Hall–Kier alpha value is -1.81. The van der Waals surface area contributed by atoms with Crippen LogP contribution in [0.2, 0.25) is 0 Å². The molecule has 4 nitrogen and oxygen atoms in total. The maximum atomic E-state index is 5.58. The van der Waals surface area contributed by atoms with E-state index in [0.29, 0.717) is 0 Å². The summed E-state index contributed by atoms with van der Waals surface area (Å²) in [5, 5.41) is 0. The van der Waals surface area contributed by atoms with E-state index in [4.69, 9.17) is 10.2 Å². The highest BCUT2D eigenvalue weighted by molar-refractivity contribution is 5.26. The van der Waals surface area contributed by atoms with Crippen LogP contribution in [0.1, 0.15) is 22.6 Å². The summed E-state index contributed by atoms with van der Waals surface area (Å²) in [4.78, 5) is 6.57. The van der Waals surface area contributed by atoms with Crippen molar-refractivity contribution in [3.8, 4) is 0 Å². The number of aromatic nitrogens is 1. The zero-order valence-corrected chi connectivity index (χ0v) is 10.5. The van der Waals surface area contributed by atoms with Crippen LogP contribution in [0.3, 0.4) is 0 Å². The third kappa shape index (κ3) is 2.11. The van der Waals surface area contributed by atoms with Crippen molar-refractivity contribution < 1.29 is 4.42 Å². The molecule has 0 atom stereocenters. The third-order valence-corrected chi connectivity index (χ3v) is 3.48. The summed E-state index contributed by atoms with van der Waals surface area (Å²) in [7, 11) is 0. The van der Waals surface area contributed by atoms with Gasteiger partial charge in [0.2, 0.25) is 0 Å². The van der Waals surface area contributed by atoms with Crippen molar-refractivity contribution in [2.24, 2.45) is 0 Å². The van der Waals surface area contributed by atoms with E-state index in [-0.39, 0.29) is 6.01 Å². The average molecular weight is 243 g/mol. The molecule has 0 bridgehead atoms. The molecule has 0 aliphatic carbocycles. The van der Waals surface area contributed by atoms with Gasteiger partial charge in [0.25, 0.3) is 6.01 Å². The predicted octanol–water partition coefficient (Wildman–Crippen LogP) is 2.12. The van der Waals surface area contributed by atoms with Gasteiger partial charge in [-0.3, -0.25) is 4.90 Å².